The van der Waals surface area contributed by atoms with Crippen molar-refractivity contribution in [1.29, 1.82) is 0 Å². The van der Waals surface area contributed by atoms with E-state index >= 15 is 0 Å². The number of halogens is 2. The molecule has 0 spiro atoms. The van der Waals surface area contributed by atoms with Crippen LogP contribution in [0.2, 0.25) is 9.36 Å². The lowest BCUT2D eigenvalue weighted by Gasteiger charge is -2.43. The fourth-order valence-electron chi connectivity index (χ4n) is 2.44. The Balaban J connectivity index is 1.88. The number of hydrogen-bond donors (Lipinski definition) is 1. The van der Waals surface area contributed by atoms with Crippen molar-refractivity contribution in [1.82, 2.24) is 5.32 Å². The molecule has 1 N–H and O–H groups in total. The van der Waals surface area contributed by atoms with Crippen LogP contribution in [0.3, 0.4) is 0 Å². The molecule has 2 aromatic rings. The Morgan fingerprint density at radius 3 is 2.28 bits per heavy atom. The van der Waals surface area contributed by atoms with Crippen molar-refractivity contribution in [2.24, 2.45) is 0 Å². The fourth-order valence-corrected chi connectivity index (χ4v) is 3.80. The fraction of sp³-hybridized carbons (Fsp3) is 0.286. The van der Waals surface area contributed by atoms with E-state index < -0.39 is 0 Å². The van der Waals surface area contributed by atoms with Crippen molar-refractivity contribution in [2.45, 2.75) is 11.8 Å². The Kier molecular flexibility index (Phi) is 3.37. The second kappa shape index (κ2) is 4.86. The summed E-state index contributed by atoms with van der Waals surface area (Å²) in [5.74, 6) is 0. The average molecular weight is 298 g/mol. The molecule has 3 rings (SSSR count). The molecule has 1 aromatic heterocycles. The van der Waals surface area contributed by atoms with Crippen molar-refractivity contribution in [3.63, 3.8) is 0 Å². The molecule has 0 unspecified atom stereocenters. The van der Waals surface area contributed by atoms with Gasteiger partial charge in [0.15, 0.2) is 0 Å². The summed E-state index contributed by atoms with van der Waals surface area (Å²) in [7, 11) is 0. The van der Waals surface area contributed by atoms with Crippen molar-refractivity contribution in [3.05, 3.63) is 56.2 Å². The van der Waals surface area contributed by atoms with Crippen LogP contribution in [0.25, 0.3) is 0 Å². The van der Waals surface area contributed by atoms with Crippen molar-refractivity contribution >= 4 is 34.5 Å². The van der Waals surface area contributed by atoms with E-state index in [-0.39, 0.29) is 5.41 Å². The summed E-state index contributed by atoms with van der Waals surface area (Å²) >= 11 is 13.6. The highest BCUT2D eigenvalue weighted by Gasteiger charge is 2.38. The van der Waals surface area contributed by atoms with E-state index in [1.165, 1.54) is 10.4 Å². The first-order valence-corrected chi connectivity index (χ1v) is 7.46. The van der Waals surface area contributed by atoms with E-state index in [0.717, 1.165) is 28.9 Å². The first-order chi connectivity index (χ1) is 8.68. The number of hydrogen-bond acceptors (Lipinski definition) is 2. The number of benzene rings is 1. The molecule has 1 aliphatic rings. The normalized spacial score (nSPS) is 17.4. The zero-order valence-corrected chi connectivity index (χ0v) is 12.1. The molecule has 2 heterocycles. The van der Waals surface area contributed by atoms with E-state index in [0.29, 0.717) is 0 Å². The van der Waals surface area contributed by atoms with Crippen LogP contribution >= 0.6 is 34.5 Å². The zero-order chi connectivity index (χ0) is 12.6. The Morgan fingerprint density at radius 1 is 1.06 bits per heavy atom. The largest absolute Gasteiger partial charge is 0.315 e. The quantitative estimate of drug-likeness (QED) is 0.898. The smallest absolute Gasteiger partial charge is 0.0931 e. The van der Waals surface area contributed by atoms with E-state index in [1.54, 1.807) is 11.3 Å². The molecule has 18 heavy (non-hydrogen) atoms. The molecule has 0 atom stereocenters. The summed E-state index contributed by atoms with van der Waals surface area (Å²) in [6, 6.07) is 12.3. The molecule has 0 bridgehead atoms. The van der Waals surface area contributed by atoms with Gasteiger partial charge in [0.05, 0.1) is 4.34 Å². The summed E-state index contributed by atoms with van der Waals surface area (Å²) in [5.41, 5.74) is 1.56. The van der Waals surface area contributed by atoms with Crippen LogP contribution in [0.1, 0.15) is 10.4 Å². The minimum Gasteiger partial charge on any atom is -0.315 e. The third kappa shape index (κ3) is 2.30. The Hall–Kier alpha value is -0.540. The average Bonchev–Trinajstić information content (AvgIpc) is 2.71. The lowest BCUT2D eigenvalue weighted by molar-refractivity contribution is 0.276. The van der Waals surface area contributed by atoms with Crippen LogP contribution in [0, 0.1) is 0 Å². The molecule has 1 fully saturated rings. The minimum absolute atomic E-state index is 0.207. The van der Waals surface area contributed by atoms with E-state index in [2.05, 4.69) is 23.5 Å². The van der Waals surface area contributed by atoms with E-state index in [1.807, 2.05) is 18.2 Å². The SMILES string of the molecule is Clc1ccc(C2(Cc3ccc(Cl)s3)CNC2)cc1. The third-order valence-electron chi connectivity index (χ3n) is 3.52. The molecule has 0 amide bonds. The Bertz CT molecular complexity index is 543. The highest BCUT2D eigenvalue weighted by molar-refractivity contribution is 7.16. The van der Waals surface area contributed by atoms with Gasteiger partial charge in [-0.2, -0.15) is 0 Å². The maximum atomic E-state index is 6.00. The molecule has 94 valence electrons. The topological polar surface area (TPSA) is 12.0 Å². The van der Waals surface area contributed by atoms with Gasteiger partial charge < -0.3 is 5.32 Å². The van der Waals surface area contributed by atoms with Gasteiger partial charge in [-0.1, -0.05) is 35.3 Å². The molecule has 4 heteroatoms. The molecule has 1 nitrogen and oxygen atoms in total. The van der Waals surface area contributed by atoms with Gasteiger partial charge in [0.25, 0.3) is 0 Å². The molecular formula is C14H13Cl2NS. The van der Waals surface area contributed by atoms with Gasteiger partial charge in [-0.15, -0.1) is 11.3 Å². The standard InChI is InChI=1S/C14H13Cl2NS/c15-11-3-1-10(2-4-11)14(8-17-9-14)7-12-5-6-13(16)18-12/h1-6,17H,7-9H2. The van der Waals surface area contributed by atoms with Gasteiger partial charge in [-0.3, -0.25) is 0 Å². The van der Waals surface area contributed by atoms with Crippen LogP contribution in [-0.4, -0.2) is 13.1 Å². The van der Waals surface area contributed by atoms with Crippen molar-refractivity contribution in [2.75, 3.05) is 13.1 Å². The van der Waals surface area contributed by atoms with Gasteiger partial charge >= 0.3 is 0 Å². The number of rotatable bonds is 3. The van der Waals surface area contributed by atoms with Gasteiger partial charge in [0.1, 0.15) is 0 Å². The maximum absolute atomic E-state index is 6.00. The van der Waals surface area contributed by atoms with Crippen LogP contribution < -0.4 is 5.32 Å². The second-order valence-corrected chi connectivity index (χ2v) is 7.01. The van der Waals surface area contributed by atoms with Crippen LogP contribution in [0.15, 0.2) is 36.4 Å². The predicted octanol–water partition coefficient (Wildman–Crippen LogP) is 4.14. The summed E-state index contributed by atoms with van der Waals surface area (Å²) < 4.78 is 0.864. The van der Waals surface area contributed by atoms with Gasteiger partial charge in [-0.05, 0) is 36.2 Å². The summed E-state index contributed by atoms with van der Waals surface area (Å²) in [6.45, 7) is 2.04. The minimum atomic E-state index is 0.207. The maximum Gasteiger partial charge on any atom is 0.0931 e. The van der Waals surface area contributed by atoms with Gasteiger partial charge in [-0.25, -0.2) is 0 Å². The highest BCUT2D eigenvalue weighted by Crippen LogP contribution is 2.35. The third-order valence-corrected chi connectivity index (χ3v) is 5.01. The summed E-state index contributed by atoms with van der Waals surface area (Å²) in [4.78, 5) is 1.34. The lowest BCUT2D eigenvalue weighted by atomic mass is 9.72. The Labute approximate surface area is 121 Å². The summed E-state index contributed by atoms with van der Waals surface area (Å²) in [6.07, 6.45) is 1.04. The number of nitrogens with one attached hydrogen (secondary N) is 1. The molecule has 0 aliphatic carbocycles. The van der Waals surface area contributed by atoms with Crippen LogP contribution in [0.4, 0.5) is 0 Å². The van der Waals surface area contributed by atoms with E-state index in [4.69, 9.17) is 23.2 Å². The van der Waals surface area contributed by atoms with Gasteiger partial charge in [0.2, 0.25) is 0 Å². The number of thiophene rings is 1. The lowest BCUT2D eigenvalue weighted by Crippen LogP contribution is -2.58. The van der Waals surface area contributed by atoms with E-state index in [9.17, 15) is 0 Å². The van der Waals surface area contributed by atoms with Crippen molar-refractivity contribution < 1.29 is 0 Å². The zero-order valence-electron chi connectivity index (χ0n) is 9.75. The van der Waals surface area contributed by atoms with Crippen molar-refractivity contribution in [3.8, 4) is 0 Å². The molecule has 1 saturated heterocycles. The predicted molar refractivity (Wildman–Crippen MR) is 79.0 cm³/mol. The van der Waals surface area contributed by atoms with Crippen LogP contribution in [0.5, 0.6) is 0 Å². The molecule has 0 radical (unpaired) electrons. The second-order valence-electron chi connectivity index (χ2n) is 4.77. The molecule has 1 aliphatic heterocycles. The first-order valence-electron chi connectivity index (χ1n) is 5.89. The molecular weight excluding hydrogens is 285 g/mol. The molecule has 0 saturated carbocycles. The monoisotopic (exact) mass is 297 g/mol. The van der Waals surface area contributed by atoms with Crippen LogP contribution in [-0.2, 0) is 11.8 Å². The molecule has 1 aromatic carbocycles. The first kappa shape index (κ1) is 12.5. The highest BCUT2D eigenvalue weighted by atomic mass is 35.5. The Morgan fingerprint density at radius 2 is 1.78 bits per heavy atom. The summed E-state index contributed by atoms with van der Waals surface area (Å²) in [5, 5.41) is 4.17. The van der Waals surface area contributed by atoms with Gasteiger partial charge in [0, 0.05) is 28.4 Å².